The van der Waals surface area contributed by atoms with Crippen molar-refractivity contribution >= 4 is 18.3 Å². The Balaban J connectivity index is 0.000000569. The highest BCUT2D eigenvalue weighted by atomic mass is 16.5. The number of likely N-dealkylation sites (tertiary alicyclic amines) is 1. The van der Waals surface area contributed by atoms with Crippen LogP contribution in [0.4, 0.5) is 0 Å². The lowest BCUT2D eigenvalue weighted by Crippen LogP contribution is -2.49. The minimum Gasteiger partial charge on any atom is -0.483 e. The molecule has 1 spiro atoms. The summed E-state index contributed by atoms with van der Waals surface area (Å²) in [4.78, 5) is 36.8. The van der Waals surface area contributed by atoms with Crippen molar-refractivity contribution in [2.75, 3.05) is 19.7 Å². The number of amides is 2. The molecule has 1 aromatic heterocycles. The van der Waals surface area contributed by atoms with Crippen molar-refractivity contribution in [2.45, 2.75) is 45.0 Å². The van der Waals surface area contributed by atoms with Crippen LogP contribution in [0.25, 0.3) is 0 Å². The van der Waals surface area contributed by atoms with Crippen LogP contribution in [-0.4, -0.2) is 74.4 Å². The third-order valence-corrected chi connectivity index (χ3v) is 5.11. The fraction of sp³-hybridized carbons (Fsp3) is 0.625. The molecule has 9 heteroatoms. The van der Waals surface area contributed by atoms with Crippen LogP contribution in [-0.2, 0) is 25.7 Å². The van der Waals surface area contributed by atoms with Crippen LogP contribution in [0.15, 0.2) is 6.07 Å². The summed E-state index contributed by atoms with van der Waals surface area (Å²) in [6, 6.07) is 1.81. The van der Waals surface area contributed by atoms with Crippen LogP contribution >= 0.6 is 0 Å². The van der Waals surface area contributed by atoms with Gasteiger partial charge in [0.25, 0.3) is 6.47 Å². The van der Waals surface area contributed by atoms with E-state index in [1.54, 1.807) is 4.68 Å². The van der Waals surface area contributed by atoms with Gasteiger partial charge in [-0.2, -0.15) is 5.10 Å². The molecule has 0 aromatic carbocycles. The summed E-state index contributed by atoms with van der Waals surface area (Å²) in [6.07, 6.45) is 1.09. The van der Waals surface area contributed by atoms with Crippen molar-refractivity contribution in [3.05, 3.63) is 17.5 Å². The summed E-state index contributed by atoms with van der Waals surface area (Å²) in [5.74, 6) is 0.115. The molecule has 4 rings (SSSR count). The molecular formula is C16H22N4O5. The summed E-state index contributed by atoms with van der Waals surface area (Å²) in [7, 11) is 0. The number of aryl methyl sites for hydroxylation is 2. The molecular weight excluding hydrogens is 328 g/mol. The smallest absolute Gasteiger partial charge is 0.290 e. The second kappa shape index (κ2) is 6.47. The van der Waals surface area contributed by atoms with Crippen LogP contribution < -0.4 is 0 Å². The molecule has 0 unspecified atom stereocenters. The highest BCUT2D eigenvalue weighted by Crippen LogP contribution is 2.45. The van der Waals surface area contributed by atoms with E-state index >= 15 is 0 Å². The van der Waals surface area contributed by atoms with Crippen molar-refractivity contribution < 1.29 is 24.2 Å². The molecule has 3 aliphatic heterocycles. The van der Waals surface area contributed by atoms with E-state index in [-0.39, 0.29) is 30.9 Å². The first-order valence-corrected chi connectivity index (χ1v) is 8.25. The van der Waals surface area contributed by atoms with Crippen molar-refractivity contribution in [3.8, 4) is 0 Å². The lowest BCUT2D eigenvalue weighted by Gasteiger charge is -2.31. The van der Waals surface area contributed by atoms with Gasteiger partial charge in [0.1, 0.15) is 6.54 Å². The lowest BCUT2D eigenvalue weighted by atomic mass is 10.1. The van der Waals surface area contributed by atoms with E-state index in [4.69, 9.17) is 14.6 Å². The normalized spacial score (nSPS) is 27.0. The second-order valence-corrected chi connectivity index (χ2v) is 6.49. The van der Waals surface area contributed by atoms with Gasteiger partial charge in [-0.3, -0.25) is 19.1 Å². The molecule has 0 radical (unpaired) electrons. The SMILES string of the molecule is Cc1cc(C)n(CC(=O)N2CC[C@@]34OCCN3C(=O)C[C@@H]24)n1.O=CO. The Labute approximate surface area is 145 Å². The van der Waals surface area contributed by atoms with Gasteiger partial charge in [-0.1, -0.05) is 0 Å². The van der Waals surface area contributed by atoms with E-state index in [1.165, 1.54) is 0 Å². The zero-order valence-electron chi connectivity index (χ0n) is 14.3. The first-order valence-electron chi connectivity index (χ1n) is 8.25. The molecule has 3 aliphatic rings. The quantitative estimate of drug-likeness (QED) is 0.738. The fourth-order valence-electron chi connectivity index (χ4n) is 4.14. The van der Waals surface area contributed by atoms with Gasteiger partial charge >= 0.3 is 0 Å². The highest BCUT2D eigenvalue weighted by Gasteiger charge is 2.62. The van der Waals surface area contributed by atoms with Gasteiger partial charge in [-0.05, 0) is 19.9 Å². The average Bonchev–Trinajstić information content (AvgIpc) is 3.24. The number of hydrogen-bond acceptors (Lipinski definition) is 5. The first-order chi connectivity index (χ1) is 11.9. The predicted molar refractivity (Wildman–Crippen MR) is 85.5 cm³/mol. The van der Waals surface area contributed by atoms with E-state index in [0.29, 0.717) is 32.5 Å². The summed E-state index contributed by atoms with van der Waals surface area (Å²) >= 11 is 0. The number of hydrogen-bond donors (Lipinski definition) is 1. The standard InChI is InChI=1S/C15H20N4O3.CH2O2/c1-10-7-11(2)19(16-10)9-14(21)17-4-3-15-12(17)8-13(20)18(15)5-6-22-15;2-1-3/h7,12H,3-6,8-9H2,1-2H3;1H,(H,2,3)/t12-,15+;/m1./s1. The maximum absolute atomic E-state index is 12.7. The van der Waals surface area contributed by atoms with E-state index in [0.717, 1.165) is 11.4 Å². The van der Waals surface area contributed by atoms with Gasteiger partial charge in [-0.25, -0.2) is 0 Å². The van der Waals surface area contributed by atoms with Gasteiger partial charge in [0.2, 0.25) is 11.8 Å². The molecule has 0 aliphatic carbocycles. The van der Waals surface area contributed by atoms with Crippen LogP contribution in [0.3, 0.4) is 0 Å². The molecule has 0 saturated carbocycles. The van der Waals surface area contributed by atoms with Gasteiger partial charge in [0, 0.05) is 25.2 Å². The molecule has 4 heterocycles. The lowest BCUT2D eigenvalue weighted by molar-refractivity contribution is -0.140. The number of carbonyl (C=O) groups excluding carboxylic acids is 2. The molecule has 3 saturated heterocycles. The number of carboxylic acid groups (broad SMARTS) is 1. The van der Waals surface area contributed by atoms with E-state index in [2.05, 4.69) is 5.10 Å². The minimum atomic E-state index is -0.554. The van der Waals surface area contributed by atoms with Crippen molar-refractivity contribution in [2.24, 2.45) is 0 Å². The molecule has 1 N–H and O–H groups in total. The number of aromatic nitrogens is 2. The Morgan fingerprint density at radius 1 is 1.48 bits per heavy atom. The number of rotatable bonds is 2. The third-order valence-electron chi connectivity index (χ3n) is 5.11. The number of nitrogens with zero attached hydrogens (tertiary/aromatic N) is 4. The Morgan fingerprint density at radius 2 is 2.20 bits per heavy atom. The zero-order valence-corrected chi connectivity index (χ0v) is 14.3. The topological polar surface area (TPSA) is 105 Å². The Hall–Kier alpha value is -2.42. The molecule has 1 aromatic rings. The van der Waals surface area contributed by atoms with Crippen molar-refractivity contribution in [3.63, 3.8) is 0 Å². The fourth-order valence-corrected chi connectivity index (χ4v) is 4.14. The van der Waals surface area contributed by atoms with Gasteiger partial charge in [0.15, 0.2) is 5.72 Å². The van der Waals surface area contributed by atoms with Gasteiger partial charge in [0.05, 0.1) is 24.8 Å². The molecule has 136 valence electrons. The highest BCUT2D eigenvalue weighted by molar-refractivity contribution is 5.84. The number of carbonyl (C=O) groups is 3. The van der Waals surface area contributed by atoms with Crippen LogP contribution in [0.2, 0.25) is 0 Å². The van der Waals surface area contributed by atoms with Crippen LogP contribution in [0, 0.1) is 13.8 Å². The number of ether oxygens (including phenoxy) is 1. The van der Waals surface area contributed by atoms with Crippen LogP contribution in [0.1, 0.15) is 24.2 Å². The molecule has 2 amide bonds. The van der Waals surface area contributed by atoms with E-state index < -0.39 is 5.72 Å². The zero-order chi connectivity index (χ0) is 18.2. The summed E-state index contributed by atoms with van der Waals surface area (Å²) < 4.78 is 7.63. The van der Waals surface area contributed by atoms with Crippen molar-refractivity contribution in [1.82, 2.24) is 19.6 Å². The first kappa shape index (κ1) is 17.4. The summed E-state index contributed by atoms with van der Waals surface area (Å²) in [6.45, 7) is 5.70. The maximum atomic E-state index is 12.7. The average molecular weight is 350 g/mol. The Kier molecular flexibility index (Phi) is 4.51. The Bertz CT molecular complexity index is 703. The summed E-state index contributed by atoms with van der Waals surface area (Å²) in [5, 5.41) is 11.2. The van der Waals surface area contributed by atoms with E-state index in [1.807, 2.05) is 29.7 Å². The molecule has 3 fully saturated rings. The molecule has 9 nitrogen and oxygen atoms in total. The third kappa shape index (κ3) is 2.78. The van der Waals surface area contributed by atoms with Gasteiger partial charge in [-0.15, -0.1) is 0 Å². The van der Waals surface area contributed by atoms with Crippen molar-refractivity contribution in [1.29, 1.82) is 0 Å². The predicted octanol–water partition coefficient (Wildman–Crippen LogP) is -0.240. The maximum Gasteiger partial charge on any atom is 0.290 e. The van der Waals surface area contributed by atoms with Crippen LogP contribution in [0.5, 0.6) is 0 Å². The largest absolute Gasteiger partial charge is 0.483 e. The molecule has 2 atom stereocenters. The molecule has 25 heavy (non-hydrogen) atoms. The van der Waals surface area contributed by atoms with E-state index in [9.17, 15) is 9.59 Å². The second-order valence-electron chi connectivity index (χ2n) is 6.49. The summed E-state index contributed by atoms with van der Waals surface area (Å²) in [5.41, 5.74) is 1.33. The Morgan fingerprint density at radius 3 is 2.84 bits per heavy atom. The minimum absolute atomic E-state index is 0.0122. The monoisotopic (exact) mass is 350 g/mol. The van der Waals surface area contributed by atoms with Gasteiger partial charge < -0.3 is 19.6 Å². The molecule has 0 bridgehead atoms.